The lowest BCUT2D eigenvalue weighted by molar-refractivity contribution is 0.944. The molecule has 0 radical (unpaired) electrons. The van der Waals surface area contributed by atoms with Gasteiger partial charge in [0.05, 0.1) is 10.9 Å². The molecule has 0 bridgehead atoms. The van der Waals surface area contributed by atoms with Crippen LogP contribution in [0, 0.1) is 0 Å². The Labute approximate surface area is 95.5 Å². The second-order valence-corrected chi connectivity index (χ2v) is 3.59. The van der Waals surface area contributed by atoms with Gasteiger partial charge < -0.3 is 4.98 Å². The Morgan fingerprint density at radius 1 is 1.19 bits per heavy atom. The van der Waals surface area contributed by atoms with Gasteiger partial charge in [0.2, 0.25) is 0 Å². The van der Waals surface area contributed by atoms with Gasteiger partial charge in [-0.2, -0.15) is 0 Å². The fourth-order valence-electron chi connectivity index (χ4n) is 1.30. The zero-order valence-electron chi connectivity index (χ0n) is 10.1. The smallest absolute Gasteiger partial charge is 0.258 e. The molecule has 1 heterocycles. The summed E-state index contributed by atoms with van der Waals surface area (Å²) in [5, 5.41) is 0.653. The van der Waals surface area contributed by atoms with E-state index in [0.717, 1.165) is 17.8 Å². The Morgan fingerprint density at radius 3 is 2.44 bits per heavy atom. The normalized spacial score (nSPS) is 9.69. The number of hydrogen-bond acceptors (Lipinski definition) is 2. The minimum Gasteiger partial charge on any atom is -0.310 e. The van der Waals surface area contributed by atoms with E-state index in [1.807, 2.05) is 25.1 Å². The lowest BCUT2D eigenvalue weighted by Gasteiger charge is -1.98. The molecule has 1 N–H and O–H groups in total. The fourth-order valence-corrected chi connectivity index (χ4v) is 1.30. The highest BCUT2D eigenvalue weighted by Crippen LogP contribution is 2.05. The first-order valence-corrected chi connectivity index (χ1v) is 5.70. The molecule has 0 saturated heterocycles. The number of benzene rings is 1. The Bertz CT molecular complexity index is 503. The Kier molecular flexibility index (Phi) is 4.70. The molecule has 0 amide bonds. The molecular formula is C13H18N2O. The molecule has 86 valence electrons. The van der Waals surface area contributed by atoms with Crippen molar-refractivity contribution in [2.45, 2.75) is 33.6 Å². The van der Waals surface area contributed by atoms with Crippen LogP contribution in [0.1, 0.15) is 33.0 Å². The number of para-hydroxylation sites is 1. The van der Waals surface area contributed by atoms with Gasteiger partial charge in [-0.25, -0.2) is 4.98 Å². The molecule has 2 aromatic rings. The highest BCUT2D eigenvalue weighted by Gasteiger charge is 1.99. The molecule has 0 aliphatic carbocycles. The SMILES string of the molecule is CCC.CCc1nc2ccccc2c(=O)[nH]1. The van der Waals surface area contributed by atoms with Crippen molar-refractivity contribution in [2.24, 2.45) is 0 Å². The Balaban J connectivity index is 0.000000386. The van der Waals surface area contributed by atoms with E-state index in [2.05, 4.69) is 23.8 Å². The third kappa shape index (κ3) is 2.92. The van der Waals surface area contributed by atoms with E-state index in [-0.39, 0.29) is 5.56 Å². The molecular weight excluding hydrogens is 200 g/mol. The van der Waals surface area contributed by atoms with Gasteiger partial charge in [0, 0.05) is 6.42 Å². The summed E-state index contributed by atoms with van der Waals surface area (Å²) in [6.45, 7) is 6.22. The van der Waals surface area contributed by atoms with Crippen LogP contribution in [0.2, 0.25) is 0 Å². The summed E-state index contributed by atoms with van der Waals surface area (Å²) in [5.41, 5.74) is 0.713. The molecule has 0 unspecified atom stereocenters. The van der Waals surface area contributed by atoms with Gasteiger partial charge in [-0.1, -0.05) is 39.3 Å². The van der Waals surface area contributed by atoms with E-state index < -0.39 is 0 Å². The predicted molar refractivity (Wildman–Crippen MR) is 67.7 cm³/mol. The minimum atomic E-state index is -0.0533. The topological polar surface area (TPSA) is 45.8 Å². The first kappa shape index (κ1) is 12.4. The molecule has 0 atom stereocenters. The van der Waals surface area contributed by atoms with Crippen molar-refractivity contribution >= 4 is 10.9 Å². The molecule has 0 aliphatic rings. The van der Waals surface area contributed by atoms with Crippen LogP contribution >= 0.6 is 0 Å². The molecule has 1 aromatic carbocycles. The number of nitrogens with zero attached hydrogens (tertiary/aromatic N) is 1. The average Bonchev–Trinajstić information content (AvgIpc) is 2.30. The van der Waals surface area contributed by atoms with Crippen LogP contribution in [-0.4, -0.2) is 9.97 Å². The lowest BCUT2D eigenvalue weighted by Crippen LogP contribution is -2.10. The van der Waals surface area contributed by atoms with Gasteiger partial charge in [0.15, 0.2) is 0 Å². The van der Waals surface area contributed by atoms with Crippen molar-refractivity contribution in [2.75, 3.05) is 0 Å². The highest BCUT2D eigenvalue weighted by molar-refractivity contribution is 5.77. The van der Waals surface area contributed by atoms with Crippen LogP contribution in [0.3, 0.4) is 0 Å². The number of H-pyrrole nitrogens is 1. The standard InChI is InChI=1S/C10H10N2O.C3H8/c1-2-9-11-8-6-4-3-5-7(8)10(13)12-9;1-3-2/h3-6H,2H2,1H3,(H,11,12,13);3H2,1-2H3. The van der Waals surface area contributed by atoms with Gasteiger partial charge >= 0.3 is 0 Å². The molecule has 0 fully saturated rings. The van der Waals surface area contributed by atoms with E-state index in [1.54, 1.807) is 6.07 Å². The number of fused-ring (bicyclic) bond motifs is 1. The number of rotatable bonds is 1. The van der Waals surface area contributed by atoms with E-state index >= 15 is 0 Å². The largest absolute Gasteiger partial charge is 0.310 e. The molecule has 0 aliphatic heterocycles. The van der Waals surface area contributed by atoms with Crippen molar-refractivity contribution in [3.8, 4) is 0 Å². The average molecular weight is 218 g/mol. The van der Waals surface area contributed by atoms with Gasteiger partial charge in [0.1, 0.15) is 5.82 Å². The summed E-state index contributed by atoms with van der Waals surface area (Å²) >= 11 is 0. The summed E-state index contributed by atoms with van der Waals surface area (Å²) in [6.07, 6.45) is 2.00. The van der Waals surface area contributed by atoms with Gasteiger partial charge in [-0.3, -0.25) is 4.79 Å². The van der Waals surface area contributed by atoms with Crippen molar-refractivity contribution in [1.29, 1.82) is 0 Å². The van der Waals surface area contributed by atoms with Crippen molar-refractivity contribution in [1.82, 2.24) is 9.97 Å². The third-order valence-electron chi connectivity index (χ3n) is 2.00. The second kappa shape index (κ2) is 6.05. The zero-order chi connectivity index (χ0) is 12.0. The Morgan fingerprint density at radius 2 is 1.81 bits per heavy atom. The van der Waals surface area contributed by atoms with Crippen LogP contribution in [-0.2, 0) is 6.42 Å². The summed E-state index contributed by atoms with van der Waals surface area (Å²) in [5.74, 6) is 0.740. The van der Waals surface area contributed by atoms with Gasteiger partial charge in [0.25, 0.3) is 5.56 Å². The molecule has 2 rings (SSSR count). The number of aromatic amines is 1. The maximum Gasteiger partial charge on any atom is 0.258 e. The second-order valence-electron chi connectivity index (χ2n) is 3.59. The first-order valence-electron chi connectivity index (χ1n) is 5.70. The van der Waals surface area contributed by atoms with Gasteiger partial charge in [-0.05, 0) is 12.1 Å². The van der Waals surface area contributed by atoms with Crippen molar-refractivity contribution in [3.63, 3.8) is 0 Å². The van der Waals surface area contributed by atoms with E-state index in [1.165, 1.54) is 6.42 Å². The monoisotopic (exact) mass is 218 g/mol. The fraction of sp³-hybridized carbons (Fsp3) is 0.385. The number of nitrogens with one attached hydrogen (secondary N) is 1. The number of hydrogen-bond donors (Lipinski definition) is 1. The minimum absolute atomic E-state index is 0.0533. The number of aromatic nitrogens is 2. The predicted octanol–water partition coefficient (Wildman–Crippen LogP) is 2.90. The van der Waals surface area contributed by atoms with Crippen LogP contribution < -0.4 is 5.56 Å². The first-order chi connectivity index (χ1) is 7.72. The van der Waals surface area contributed by atoms with Crippen LogP contribution in [0.15, 0.2) is 29.1 Å². The molecule has 3 nitrogen and oxygen atoms in total. The van der Waals surface area contributed by atoms with E-state index in [4.69, 9.17) is 0 Å². The van der Waals surface area contributed by atoms with Gasteiger partial charge in [-0.15, -0.1) is 0 Å². The molecule has 3 heteroatoms. The van der Waals surface area contributed by atoms with Crippen LogP contribution in [0.25, 0.3) is 10.9 Å². The van der Waals surface area contributed by atoms with Crippen LogP contribution in [0.5, 0.6) is 0 Å². The van der Waals surface area contributed by atoms with E-state index in [0.29, 0.717) is 5.39 Å². The summed E-state index contributed by atoms with van der Waals surface area (Å²) in [6, 6.07) is 7.35. The summed E-state index contributed by atoms with van der Waals surface area (Å²) in [7, 11) is 0. The molecule has 0 saturated carbocycles. The van der Waals surface area contributed by atoms with Crippen molar-refractivity contribution in [3.05, 3.63) is 40.4 Å². The molecule has 16 heavy (non-hydrogen) atoms. The quantitative estimate of drug-likeness (QED) is 0.800. The Hall–Kier alpha value is -1.64. The maximum atomic E-state index is 11.5. The van der Waals surface area contributed by atoms with Crippen molar-refractivity contribution < 1.29 is 0 Å². The summed E-state index contributed by atoms with van der Waals surface area (Å²) < 4.78 is 0. The lowest BCUT2D eigenvalue weighted by atomic mass is 10.2. The van der Waals surface area contributed by atoms with Crippen LogP contribution in [0.4, 0.5) is 0 Å². The number of aryl methyl sites for hydroxylation is 1. The zero-order valence-corrected chi connectivity index (χ0v) is 10.1. The molecule has 1 aromatic heterocycles. The highest BCUT2D eigenvalue weighted by atomic mass is 16.1. The third-order valence-corrected chi connectivity index (χ3v) is 2.00. The van der Waals surface area contributed by atoms with E-state index in [9.17, 15) is 4.79 Å². The maximum absolute atomic E-state index is 11.5. The summed E-state index contributed by atoms with van der Waals surface area (Å²) in [4.78, 5) is 18.5. The molecule has 0 spiro atoms.